The second-order valence-electron chi connectivity index (χ2n) is 6.40. The van der Waals surface area contributed by atoms with E-state index < -0.39 is 0 Å². The lowest BCUT2D eigenvalue weighted by atomic mass is 10.2. The van der Waals surface area contributed by atoms with Gasteiger partial charge >= 0.3 is 0 Å². The monoisotopic (exact) mass is 389 g/mol. The van der Waals surface area contributed by atoms with Crippen molar-refractivity contribution in [2.24, 2.45) is 4.99 Å². The Bertz CT molecular complexity index is 924. The van der Waals surface area contributed by atoms with Crippen molar-refractivity contribution < 1.29 is 0 Å². The van der Waals surface area contributed by atoms with Gasteiger partial charge in [0.25, 0.3) is 0 Å². The molecule has 3 aromatic carbocycles. The van der Waals surface area contributed by atoms with Gasteiger partial charge in [0.2, 0.25) is 0 Å². The summed E-state index contributed by atoms with van der Waals surface area (Å²) in [5, 5.41) is 3.21. The number of rotatable bonds is 5. The third-order valence-electron chi connectivity index (χ3n) is 3.95. The molecule has 0 aromatic heterocycles. The Kier molecular flexibility index (Phi) is 6.97. The highest BCUT2D eigenvalue weighted by Gasteiger charge is 2.07. The fourth-order valence-electron chi connectivity index (χ4n) is 2.35. The van der Waals surface area contributed by atoms with Gasteiger partial charge in [-0.25, -0.2) is 4.99 Å². The van der Waals surface area contributed by atoms with E-state index in [2.05, 4.69) is 99.0 Å². The third kappa shape index (κ3) is 6.16. The molecule has 0 amide bonds. The highest BCUT2D eigenvalue weighted by molar-refractivity contribution is 8.14. The number of aryl methyl sites for hydroxylation is 2. The number of hydrogen-bond donors (Lipinski definition) is 0. The van der Waals surface area contributed by atoms with Gasteiger partial charge in [0.15, 0.2) is 0 Å². The summed E-state index contributed by atoms with van der Waals surface area (Å²) in [5.41, 5.74) is 4.66. The normalized spacial score (nSPS) is 12.3. The number of aliphatic imine (C=N–C) groups is 1. The van der Waals surface area contributed by atoms with E-state index in [-0.39, 0.29) is 0 Å². The SMILES string of the molecule is C/C(=C\Sc1ccc(C)cc1)C(=Nc1ccc(C)cc1)Sc1ccccc1. The summed E-state index contributed by atoms with van der Waals surface area (Å²) < 4.78 is 0. The van der Waals surface area contributed by atoms with Gasteiger partial charge in [-0.3, -0.25) is 0 Å². The third-order valence-corrected chi connectivity index (χ3v) is 6.08. The van der Waals surface area contributed by atoms with Gasteiger partial charge in [0.1, 0.15) is 5.04 Å². The second kappa shape index (κ2) is 9.63. The van der Waals surface area contributed by atoms with Crippen molar-refractivity contribution in [1.29, 1.82) is 0 Å². The first-order chi connectivity index (χ1) is 13.1. The van der Waals surface area contributed by atoms with Gasteiger partial charge in [-0.1, -0.05) is 77.1 Å². The zero-order valence-electron chi connectivity index (χ0n) is 15.8. The molecule has 0 radical (unpaired) electrons. The first kappa shape index (κ1) is 19.5. The number of nitrogens with zero attached hydrogens (tertiary/aromatic N) is 1. The average molecular weight is 390 g/mol. The molecule has 3 rings (SSSR count). The Hall–Kier alpha value is -2.23. The molecule has 3 aromatic rings. The topological polar surface area (TPSA) is 12.4 Å². The van der Waals surface area contributed by atoms with E-state index >= 15 is 0 Å². The van der Waals surface area contributed by atoms with Gasteiger partial charge < -0.3 is 0 Å². The Morgan fingerprint density at radius 3 is 1.96 bits per heavy atom. The molecule has 0 aliphatic rings. The summed E-state index contributed by atoms with van der Waals surface area (Å²) >= 11 is 3.43. The fourth-order valence-corrected chi connectivity index (χ4v) is 4.03. The standard InChI is InChI=1S/C24H23NS2/c1-18-9-13-21(14-10-18)25-24(27-23-7-5-4-6-8-23)20(3)17-26-22-15-11-19(2)12-16-22/h4-17H,1-3H3/b20-17+,25-24?. The van der Waals surface area contributed by atoms with Gasteiger partial charge in [-0.2, -0.15) is 0 Å². The van der Waals surface area contributed by atoms with E-state index in [1.54, 1.807) is 23.5 Å². The zero-order chi connectivity index (χ0) is 19.1. The van der Waals surface area contributed by atoms with Crippen LogP contribution in [0.25, 0.3) is 0 Å². The van der Waals surface area contributed by atoms with Gasteiger partial charge in [0.05, 0.1) is 5.69 Å². The largest absolute Gasteiger partial charge is 0.241 e. The maximum atomic E-state index is 4.92. The fraction of sp³-hybridized carbons (Fsp3) is 0.125. The molecular formula is C24H23NS2. The van der Waals surface area contributed by atoms with E-state index in [0.29, 0.717) is 0 Å². The van der Waals surface area contributed by atoms with Gasteiger partial charge in [-0.05, 0) is 68.2 Å². The molecule has 0 aliphatic heterocycles. The molecule has 0 bridgehead atoms. The number of benzene rings is 3. The Morgan fingerprint density at radius 1 is 0.741 bits per heavy atom. The Labute approximate surface area is 170 Å². The average Bonchev–Trinajstić information content (AvgIpc) is 2.69. The molecule has 3 heteroatoms. The maximum absolute atomic E-state index is 4.92. The van der Waals surface area contributed by atoms with E-state index in [0.717, 1.165) is 16.3 Å². The Morgan fingerprint density at radius 2 is 1.33 bits per heavy atom. The summed E-state index contributed by atoms with van der Waals surface area (Å²) in [6.07, 6.45) is 0. The molecule has 0 atom stereocenters. The molecule has 0 saturated heterocycles. The van der Waals surface area contributed by atoms with E-state index in [1.165, 1.54) is 20.9 Å². The van der Waals surface area contributed by atoms with Crippen molar-refractivity contribution in [3.05, 3.63) is 101 Å². The minimum absolute atomic E-state index is 0.979. The molecule has 0 spiro atoms. The molecule has 1 nitrogen and oxygen atoms in total. The van der Waals surface area contributed by atoms with Crippen LogP contribution < -0.4 is 0 Å². The van der Waals surface area contributed by atoms with Crippen LogP contribution in [0.15, 0.2) is 105 Å². The quantitative estimate of drug-likeness (QED) is 0.250. The molecule has 136 valence electrons. The molecule has 0 aliphatic carbocycles. The first-order valence-corrected chi connectivity index (χ1v) is 10.6. The molecule has 0 saturated carbocycles. The Balaban J connectivity index is 1.86. The van der Waals surface area contributed by atoms with Crippen LogP contribution in [0.3, 0.4) is 0 Å². The van der Waals surface area contributed by atoms with Crippen LogP contribution in [-0.4, -0.2) is 5.04 Å². The summed E-state index contributed by atoms with van der Waals surface area (Å²) in [4.78, 5) is 7.35. The number of thioether (sulfide) groups is 2. The van der Waals surface area contributed by atoms with E-state index in [9.17, 15) is 0 Å². The lowest BCUT2D eigenvalue weighted by Gasteiger charge is -2.08. The minimum atomic E-state index is 0.979. The van der Waals surface area contributed by atoms with Crippen molar-refractivity contribution in [2.75, 3.05) is 0 Å². The molecule has 0 N–H and O–H groups in total. The first-order valence-electron chi connectivity index (χ1n) is 8.89. The van der Waals surface area contributed by atoms with Crippen LogP contribution in [0.5, 0.6) is 0 Å². The summed E-state index contributed by atoms with van der Waals surface area (Å²) in [6, 6.07) is 27.4. The smallest absolute Gasteiger partial charge is 0.105 e. The van der Waals surface area contributed by atoms with Crippen LogP contribution in [0.2, 0.25) is 0 Å². The van der Waals surface area contributed by atoms with Crippen molar-refractivity contribution >= 4 is 34.3 Å². The lowest BCUT2D eigenvalue weighted by molar-refractivity contribution is 1.38. The summed E-state index contributed by atoms with van der Waals surface area (Å²) in [7, 11) is 0. The van der Waals surface area contributed by atoms with Crippen LogP contribution in [-0.2, 0) is 0 Å². The van der Waals surface area contributed by atoms with Crippen molar-refractivity contribution in [3.63, 3.8) is 0 Å². The second-order valence-corrected chi connectivity index (χ2v) is 8.40. The summed E-state index contributed by atoms with van der Waals surface area (Å²) in [6.45, 7) is 6.33. The van der Waals surface area contributed by atoms with Crippen molar-refractivity contribution in [2.45, 2.75) is 30.6 Å². The highest BCUT2D eigenvalue weighted by atomic mass is 32.2. The van der Waals surface area contributed by atoms with Crippen LogP contribution in [0, 0.1) is 13.8 Å². The van der Waals surface area contributed by atoms with Crippen LogP contribution in [0.1, 0.15) is 18.1 Å². The minimum Gasteiger partial charge on any atom is -0.241 e. The molecule has 0 unspecified atom stereocenters. The predicted octanol–water partition coefficient (Wildman–Crippen LogP) is 7.82. The highest BCUT2D eigenvalue weighted by Crippen LogP contribution is 2.29. The van der Waals surface area contributed by atoms with Gasteiger partial charge in [0, 0.05) is 9.79 Å². The van der Waals surface area contributed by atoms with Gasteiger partial charge in [-0.15, -0.1) is 0 Å². The molecule has 0 heterocycles. The maximum Gasteiger partial charge on any atom is 0.105 e. The van der Waals surface area contributed by atoms with E-state index in [1.807, 2.05) is 6.07 Å². The molecular weight excluding hydrogens is 366 g/mol. The lowest BCUT2D eigenvalue weighted by Crippen LogP contribution is -1.94. The molecule has 27 heavy (non-hydrogen) atoms. The number of hydrogen-bond acceptors (Lipinski definition) is 3. The van der Waals surface area contributed by atoms with Crippen LogP contribution in [0.4, 0.5) is 5.69 Å². The zero-order valence-corrected chi connectivity index (χ0v) is 17.5. The van der Waals surface area contributed by atoms with Crippen molar-refractivity contribution in [1.82, 2.24) is 0 Å². The predicted molar refractivity (Wildman–Crippen MR) is 121 cm³/mol. The van der Waals surface area contributed by atoms with Crippen molar-refractivity contribution in [3.8, 4) is 0 Å². The summed E-state index contributed by atoms with van der Waals surface area (Å²) in [5.74, 6) is 0. The van der Waals surface area contributed by atoms with E-state index in [4.69, 9.17) is 4.99 Å². The van der Waals surface area contributed by atoms with Crippen LogP contribution >= 0.6 is 23.5 Å². The molecule has 0 fully saturated rings.